The third kappa shape index (κ3) is 2.93. The number of carbonyl (C=O) groups is 1. The Morgan fingerprint density at radius 2 is 1.92 bits per heavy atom. The predicted molar refractivity (Wildman–Crippen MR) is 96.1 cm³/mol. The van der Waals surface area contributed by atoms with Gasteiger partial charge in [-0.15, -0.1) is 11.3 Å². The Labute approximate surface area is 153 Å². The molecule has 0 radical (unpaired) electrons. The summed E-state index contributed by atoms with van der Waals surface area (Å²) in [6.45, 7) is 1.41. The quantitative estimate of drug-likeness (QED) is 0.603. The van der Waals surface area contributed by atoms with Crippen molar-refractivity contribution < 1.29 is 13.9 Å². The minimum Gasteiger partial charge on any atom is -0.468 e. The molecule has 0 saturated heterocycles. The van der Waals surface area contributed by atoms with Crippen molar-refractivity contribution >= 4 is 43.5 Å². The highest BCUT2D eigenvalue weighted by atomic mass is 79.9. The van der Waals surface area contributed by atoms with Crippen molar-refractivity contribution in [2.45, 2.75) is 13.5 Å². The second-order valence-corrected chi connectivity index (χ2v) is 7.56. The second kappa shape index (κ2) is 6.57. The van der Waals surface area contributed by atoms with Gasteiger partial charge in [-0.2, -0.15) is 0 Å². The largest absolute Gasteiger partial charge is 0.468 e. The molecule has 0 aliphatic rings. The maximum absolute atomic E-state index is 13.2. The van der Waals surface area contributed by atoms with Crippen LogP contribution in [-0.4, -0.2) is 22.2 Å². The summed E-state index contributed by atoms with van der Waals surface area (Å²) in [5.74, 6) is -1.10. The molecule has 0 aliphatic heterocycles. The van der Waals surface area contributed by atoms with Gasteiger partial charge in [-0.05, 0) is 52.7 Å². The second-order valence-electron chi connectivity index (χ2n) is 5.24. The molecule has 0 fully saturated rings. The van der Waals surface area contributed by atoms with Gasteiger partial charge in [0.2, 0.25) is 0 Å². The van der Waals surface area contributed by atoms with Gasteiger partial charge < -0.3 is 4.74 Å². The summed E-state index contributed by atoms with van der Waals surface area (Å²) in [5.41, 5.74) is -0.325. The Morgan fingerprint density at radius 3 is 2.52 bits per heavy atom. The van der Waals surface area contributed by atoms with Gasteiger partial charge in [0.1, 0.15) is 17.2 Å². The molecule has 2 heterocycles. The molecule has 130 valence electrons. The number of esters is 1. The van der Waals surface area contributed by atoms with Crippen molar-refractivity contribution in [1.29, 1.82) is 0 Å². The Morgan fingerprint density at radius 1 is 1.28 bits per heavy atom. The number of benzene rings is 1. The predicted octanol–water partition coefficient (Wildman–Crippen LogP) is 2.60. The molecule has 1 aromatic carbocycles. The zero-order chi connectivity index (χ0) is 18.3. The number of hydrogen-bond acceptors (Lipinski definition) is 5. The minimum absolute atomic E-state index is 0.221. The molecule has 0 bridgehead atoms. The topological polar surface area (TPSA) is 70.3 Å². The van der Waals surface area contributed by atoms with Crippen LogP contribution in [0.2, 0.25) is 0 Å². The summed E-state index contributed by atoms with van der Waals surface area (Å²) >= 11 is 4.56. The summed E-state index contributed by atoms with van der Waals surface area (Å²) < 4.78 is 20.6. The van der Waals surface area contributed by atoms with E-state index in [2.05, 4.69) is 20.7 Å². The van der Waals surface area contributed by atoms with Gasteiger partial charge in [0.05, 0.1) is 22.0 Å². The third-order valence-electron chi connectivity index (χ3n) is 3.75. The van der Waals surface area contributed by atoms with Gasteiger partial charge in [-0.1, -0.05) is 0 Å². The highest BCUT2D eigenvalue weighted by Gasteiger charge is 2.21. The zero-order valence-electron chi connectivity index (χ0n) is 13.2. The number of aromatic nitrogens is 2. The first kappa shape index (κ1) is 17.6. The molecule has 0 saturated carbocycles. The molecule has 25 heavy (non-hydrogen) atoms. The molecule has 0 spiro atoms. The van der Waals surface area contributed by atoms with E-state index in [0.29, 0.717) is 19.6 Å². The van der Waals surface area contributed by atoms with Crippen LogP contribution in [-0.2, 0) is 16.1 Å². The molecular formula is C16H12BrFN2O4S. The van der Waals surface area contributed by atoms with Crippen molar-refractivity contribution in [3.8, 4) is 5.69 Å². The van der Waals surface area contributed by atoms with Crippen molar-refractivity contribution in [2.75, 3.05) is 7.11 Å². The molecule has 6 nitrogen and oxygen atoms in total. The highest BCUT2D eigenvalue weighted by molar-refractivity contribution is 9.11. The fourth-order valence-electron chi connectivity index (χ4n) is 2.47. The van der Waals surface area contributed by atoms with Crippen molar-refractivity contribution in [3.05, 3.63) is 60.3 Å². The van der Waals surface area contributed by atoms with E-state index < -0.39 is 23.0 Å². The highest BCUT2D eigenvalue weighted by Crippen LogP contribution is 2.32. The molecule has 2 aromatic heterocycles. The Bertz CT molecular complexity index is 1100. The molecule has 0 aliphatic carbocycles. The van der Waals surface area contributed by atoms with Gasteiger partial charge in [-0.25, -0.2) is 13.8 Å². The number of hydrogen-bond donors (Lipinski definition) is 0. The van der Waals surface area contributed by atoms with Gasteiger partial charge in [0.25, 0.3) is 5.56 Å². The lowest BCUT2D eigenvalue weighted by molar-refractivity contribution is -0.141. The average Bonchev–Trinajstić information content (AvgIpc) is 2.88. The smallest absolute Gasteiger partial charge is 0.337 e. The van der Waals surface area contributed by atoms with Crippen molar-refractivity contribution in [3.63, 3.8) is 0 Å². The Balaban J connectivity index is 2.43. The standard InChI is InChI=1S/C16H12BrFN2O4S/c1-8-12-14(22)20(10-5-3-9(18)4-6-10)16(23)19(7-11(21)24-2)15(12)25-13(8)17/h3-6H,7H2,1-2H3. The lowest BCUT2D eigenvalue weighted by atomic mass is 10.2. The van der Waals surface area contributed by atoms with Crippen LogP contribution in [0.3, 0.4) is 0 Å². The lowest BCUT2D eigenvalue weighted by Crippen LogP contribution is -2.40. The summed E-state index contributed by atoms with van der Waals surface area (Å²) in [6, 6.07) is 4.99. The van der Waals surface area contributed by atoms with Crippen LogP contribution < -0.4 is 11.2 Å². The maximum Gasteiger partial charge on any atom is 0.337 e. The summed E-state index contributed by atoms with van der Waals surface area (Å²) in [6.07, 6.45) is 0. The van der Waals surface area contributed by atoms with E-state index in [1.54, 1.807) is 6.92 Å². The first-order valence-electron chi connectivity index (χ1n) is 7.12. The minimum atomic E-state index is -0.691. The lowest BCUT2D eigenvalue weighted by Gasteiger charge is -2.11. The van der Waals surface area contributed by atoms with E-state index in [-0.39, 0.29) is 12.2 Å². The van der Waals surface area contributed by atoms with E-state index >= 15 is 0 Å². The van der Waals surface area contributed by atoms with E-state index in [1.807, 2.05) is 0 Å². The summed E-state index contributed by atoms with van der Waals surface area (Å²) in [5, 5.41) is 0.324. The summed E-state index contributed by atoms with van der Waals surface area (Å²) in [4.78, 5) is 37.9. The first-order valence-corrected chi connectivity index (χ1v) is 8.73. The fraction of sp³-hybridized carbons (Fsp3) is 0.188. The van der Waals surface area contributed by atoms with Crippen molar-refractivity contribution in [1.82, 2.24) is 9.13 Å². The number of aryl methyl sites for hydroxylation is 1. The van der Waals surface area contributed by atoms with E-state index in [0.717, 1.165) is 16.7 Å². The number of ether oxygens (including phenoxy) is 1. The number of halogens is 2. The normalized spacial score (nSPS) is 11.0. The van der Waals surface area contributed by atoms with Crippen LogP contribution in [0.25, 0.3) is 15.9 Å². The molecule has 0 N–H and O–H groups in total. The molecule has 0 unspecified atom stereocenters. The molecule has 3 aromatic rings. The van der Waals surface area contributed by atoms with Crippen LogP contribution >= 0.6 is 27.3 Å². The average molecular weight is 427 g/mol. The Hall–Kier alpha value is -2.26. The van der Waals surface area contributed by atoms with E-state index in [4.69, 9.17) is 0 Å². The monoisotopic (exact) mass is 426 g/mol. The van der Waals surface area contributed by atoms with Crippen LogP contribution in [0.5, 0.6) is 0 Å². The van der Waals surface area contributed by atoms with Gasteiger partial charge >= 0.3 is 11.7 Å². The number of fused-ring (bicyclic) bond motifs is 1. The van der Waals surface area contributed by atoms with Crippen LogP contribution in [0.15, 0.2) is 37.6 Å². The van der Waals surface area contributed by atoms with Gasteiger partial charge in [0.15, 0.2) is 0 Å². The number of methoxy groups -OCH3 is 1. The van der Waals surface area contributed by atoms with Crippen LogP contribution in [0.4, 0.5) is 4.39 Å². The molecule has 9 heteroatoms. The first-order chi connectivity index (χ1) is 11.8. The van der Waals surface area contributed by atoms with Crippen LogP contribution in [0.1, 0.15) is 5.56 Å². The molecule has 0 atom stereocenters. The van der Waals surface area contributed by atoms with Crippen LogP contribution in [0, 0.1) is 12.7 Å². The third-order valence-corrected chi connectivity index (χ3v) is 5.94. The number of thiophene rings is 1. The molecule has 0 amide bonds. The SMILES string of the molecule is COC(=O)Cn1c(=O)n(-c2ccc(F)cc2)c(=O)c2c(C)c(Br)sc21. The fourth-order valence-corrected chi connectivity index (χ4v) is 4.15. The Kier molecular flexibility index (Phi) is 4.61. The number of carbonyl (C=O) groups excluding carboxylic acids is 1. The van der Waals surface area contributed by atoms with E-state index in [9.17, 15) is 18.8 Å². The van der Waals surface area contributed by atoms with Crippen molar-refractivity contribution in [2.24, 2.45) is 0 Å². The molecule has 3 rings (SSSR count). The maximum atomic E-state index is 13.2. The number of nitrogens with zero attached hydrogens (tertiary/aromatic N) is 2. The molecular weight excluding hydrogens is 415 g/mol. The zero-order valence-corrected chi connectivity index (χ0v) is 15.6. The number of rotatable bonds is 3. The van der Waals surface area contributed by atoms with Gasteiger partial charge in [0, 0.05) is 0 Å². The summed E-state index contributed by atoms with van der Waals surface area (Å²) in [7, 11) is 1.22. The van der Waals surface area contributed by atoms with Gasteiger partial charge in [-0.3, -0.25) is 14.2 Å². The van der Waals surface area contributed by atoms with E-state index in [1.165, 1.54) is 35.1 Å².